The molecule has 7 heteroatoms. The topological polar surface area (TPSA) is 42.0 Å². The Morgan fingerprint density at radius 2 is 1.78 bits per heavy atom. The van der Waals surface area contributed by atoms with Crippen LogP contribution in [0.15, 0.2) is 60.7 Å². The van der Waals surface area contributed by atoms with E-state index in [1.165, 1.54) is 11.3 Å². The van der Waals surface area contributed by atoms with Gasteiger partial charge in [-0.05, 0) is 42.5 Å². The van der Waals surface area contributed by atoms with E-state index in [0.717, 1.165) is 20.8 Å². The van der Waals surface area contributed by atoms with Crippen LogP contribution in [0.3, 0.4) is 0 Å². The first kappa shape index (κ1) is 18.3. The number of aromatic nitrogens is 1. The number of rotatable bonds is 3. The average molecular weight is 434 g/mol. The molecule has 3 aromatic carbocycles. The number of nitrogens with one attached hydrogen (secondary N) is 1. The normalized spacial score (nSPS) is 10.9. The lowest BCUT2D eigenvalue weighted by atomic mass is 10.1. The van der Waals surface area contributed by atoms with Crippen LogP contribution in [-0.4, -0.2) is 10.9 Å². The maximum Gasteiger partial charge on any atom is 0.257 e. The number of anilines is 1. The van der Waals surface area contributed by atoms with Crippen LogP contribution in [0.4, 0.5) is 5.69 Å². The van der Waals surface area contributed by atoms with Crippen LogP contribution in [0.25, 0.3) is 20.8 Å². The molecule has 0 fully saturated rings. The highest BCUT2D eigenvalue weighted by molar-refractivity contribution is 7.21. The second-order valence-electron chi connectivity index (χ2n) is 5.73. The molecule has 1 N–H and O–H groups in total. The van der Waals surface area contributed by atoms with Crippen LogP contribution in [-0.2, 0) is 0 Å². The van der Waals surface area contributed by atoms with Crippen LogP contribution in [0.2, 0.25) is 15.1 Å². The van der Waals surface area contributed by atoms with Gasteiger partial charge in [0.2, 0.25) is 0 Å². The lowest BCUT2D eigenvalue weighted by molar-refractivity contribution is 0.102. The molecule has 0 spiro atoms. The van der Waals surface area contributed by atoms with Gasteiger partial charge in [0.15, 0.2) is 0 Å². The third-order valence-electron chi connectivity index (χ3n) is 3.95. The highest BCUT2D eigenvalue weighted by Crippen LogP contribution is 2.36. The minimum Gasteiger partial charge on any atom is -0.321 e. The molecule has 0 radical (unpaired) electrons. The molecule has 0 aliphatic carbocycles. The van der Waals surface area contributed by atoms with Gasteiger partial charge in [0.05, 0.1) is 31.5 Å². The molecule has 0 saturated carbocycles. The Morgan fingerprint density at radius 1 is 0.963 bits per heavy atom. The van der Waals surface area contributed by atoms with Crippen molar-refractivity contribution in [2.75, 3.05) is 5.32 Å². The summed E-state index contributed by atoms with van der Waals surface area (Å²) in [6, 6.07) is 18.0. The van der Waals surface area contributed by atoms with Gasteiger partial charge in [-0.25, -0.2) is 4.98 Å². The minimum atomic E-state index is -0.354. The summed E-state index contributed by atoms with van der Waals surface area (Å²) >= 11 is 19.9. The fourth-order valence-corrected chi connectivity index (χ4v) is 4.21. The predicted octanol–water partition coefficient (Wildman–Crippen LogP) is 7.18. The van der Waals surface area contributed by atoms with E-state index in [4.69, 9.17) is 34.8 Å². The van der Waals surface area contributed by atoms with E-state index in [0.29, 0.717) is 21.3 Å². The maximum absolute atomic E-state index is 12.7. The fourth-order valence-electron chi connectivity index (χ4n) is 2.66. The molecule has 4 aromatic rings. The first-order valence-electron chi connectivity index (χ1n) is 7.94. The molecular weight excluding hydrogens is 423 g/mol. The summed E-state index contributed by atoms with van der Waals surface area (Å²) < 4.78 is 1.06. The number of carbonyl (C=O) groups is 1. The van der Waals surface area contributed by atoms with Crippen molar-refractivity contribution in [2.24, 2.45) is 0 Å². The van der Waals surface area contributed by atoms with Gasteiger partial charge in [-0.3, -0.25) is 4.79 Å². The number of para-hydroxylation sites is 1. The Bertz CT molecular complexity index is 1140. The van der Waals surface area contributed by atoms with E-state index in [2.05, 4.69) is 10.3 Å². The largest absolute Gasteiger partial charge is 0.321 e. The molecule has 0 atom stereocenters. The monoisotopic (exact) mass is 432 g/mol. The molecule has 0 saturated heterocycles. The van der Waals surface area contributed by atoms with Crippen molar-refractivity contribution in [1.29, 1.82) is 0 Å². The van der Waals surface area contributed by atoms with Gasteiger partial charge in [0.1, 0.15) is 5.01 Å². The molecule has 0 unspecified atom stereocenters. The van der Waals surface area contributed by atoms with Crippen LogP contribution in [0.5, 0.6) is 0 Å². The summed E-state index contributed by atoms with van der Waals surface area (Å²) in [5, 5.41) is 4.76. The van der Waals surface area contributed by atoms with E-state index in [-0.39, 0.29) is 10.9 Å². The van der Waals surface area contributed by atoms with E-state index in [9.17, 15) is 4.79 Å². The Kier molecular flexibility index (Phi) is 5.06. The van der Waals surface area contributed by atoms with E-state index < -0.39 is 0 Å². The van der Waals surface area contributed by atoms with Crippen LogP contribution < -0.4 is 5.32 Å². The lowest BCUT2D eigenvalue weighted by Gasteiger charge is -2.11. The van der Waals surface area contributed by atoms with Crippen LogP contribution >= 0.6 is 46.1 Å². The number of amides is 1. The highest BCUT2D eigenvalue weighted by Gasteiger charge is 2.17. The molecule has 0 aliphatic heterocycles. The Balaban J connectivity index is 1.75. The van der Waals surface area contributed by atoms with Crippen molar-refractivity contribution in [3.05, 3.63) is 81.3 Å². The molecule has 4 rings (SSSR count). The number of fused-ring (bicyclic) bond motifs is 1. The number of halogens is 3. The van der Waals surface area contributed by atoms with E-state index >= 15 is 0 Å². The van der Waals surface area contributed by atoms with Crippen molar-refractivity contribution in [1.82, 2.24) is 4.98 Å². The molecule has 1 amide bonds. The Morgan fingerprint density at radius 3 is 2.59 bits per heavy atom. The third-order valence-corrected chi connectivity index (χ3v) is 6.07. The van der Waals surface area contributed by atoms with Gasteiger partial charge in [-0.1, -0.05) is 53.0 Å². The number of hydrogen-bond acceptors (Lipinski definition) is 3. The number of carbonyl (C=O) groups excluding carboxylic acids is 1. The maximum atomic E-state index is 12.7. The fraction of sp³-hybridized carbons (Fsp3) is 0. The quantitative estimate of drug-likeness (QED) is 0.372. The highest BCUT2D eigenvalue weighted by atomic mass is 35.5. The second kappa shape index (κ2) is 7.49. The number of hydrogen-bond donors (Lipinski definition) is 1. The minimum absolute atomic E-state index is 0.215. The van der Waals surface area contributed by atoms with Gasteiger partial charge in [0.25, 0.3) is 5.91 Å². The first-order chi connectivity index (χ1) is 13.0. The summed E-state index contributed by atoms with van der Waals surface area (Å²) in [4.78, 5) is 17.4. The molecule has 0 bridgehead atoms. The molecule has 0 aliphatic rings. The number of benzene rings is 3. The van der Waals surface area contributed by atoms with Gasteiger partial charge in [-0.15, -0.1) is 11.3 Å². The number of thiazole rings is 1. The Hall–Kier alpha value is -2.11. The zero-order valence-corrected chi connectivity index (χ0v) is 16.8. The van der Waals surface area contributed by atoms with Gasteiger partial charge in [0, 0.05) is 10.6 Å². The van der Waals surface area contributed by atoms with Crippen molar-refractivity contribution in [2.45, 2.75) is 0 Å². The standard InChI is InChI=1S/C20H11Cl3N2OS/c21-11-8-9-15(24-19(26)12-4-3-5-14(22)18(12)23)13(10-11)20-25-16-6-1-2-7-17(16)27-20/h1-10H,(H,24,26). The average Bonchev–Trinajstić information content (AvgIpc) is 3.09. The second-order valence-corrected chi connectivity index (χ2v) is 7.98. The smallest absolute Gasteiger partial charge is 0.257 e. The summed E-state index contributed by atoms with van der Waals surface area (Å²) in [6.45, 7) is 0. The zero-order chi connectivity index (χ0) is 19.0. The SMILES string of the molecule is O=C(Nc1ccc(Cl)cc1-c1nc2ccccc2s1)c1cccc(Cl)c1Cl. The van der Waals surface area contributed by atoms with E-state index in [1.54, 1.807) is 36.4 Å². The third kappa shape index (κ3) is 3.66. The first-order valence-corrected chi connectivity index (χ1v) is 9.89. The molecule has 1 heterocycles. The molecule has 27 heavy (non-hydrogen) atoms. The predicted molar refractivity (Wildman–Crippen MR) is 114 cm³/mol. The van der Waals surface area contributed by atoms with Crippen LogP contribution in [0, 0.1) is 0 Å². The summed E-state index contributed by atoms with van der Waals surface area (Å²) in [5.41, 5.74) is 2.54. The van der Waals surface area contributed by atoms with Crippen molar-refractivity contribution in [3.63, 3.8) is 0 Å². The summed E-state index contributed by atoms with van der Waals surface area (Å²) in [6.07, 6.45) is 0. The summed E-state index contributed by atoms with van der Waals surface area (Å²) in [5.74, 6) is -0.354. The van der Waals surface area contributed by atoms with Gasteiger partial charge >= 0.3 is 0 Å². The summed E-state index contributed by atoms with van der Waals surface area (Å²) in [7, 11) is 0. The van der Waals surface area contributed by atoms with Crippen molar-refractivity contribution in [3.8, 4) is 10.6 Å². The van der Waals surface area contributed by atoms with E-state index in [1.807, 2.05) is 24.3 Å². The van der Waals surface area contributed by atoms with Gasteiger partial charge in [-0.2, -0.15) is 0 Å². The molecule has 134 valence electrons. The lowest BCUT2D eigenvalue weighted by Crippen LogP contribution is -2.13. The van der Waals surface area contributed by atoms with Crippen molar-refractivity contribution < 1.29 is 4.79 Å². The molecular formula is C20H11Cl3N2OS. The van der Waals surface area contributed by atoms with Gasteiger partial charge < -0.3 is 5.32 Å². The number of nitrogens with zero attached hydrogens (tertiary/aromatic N) is 1. The Labute approximate surface area is 174 Å². The van der Waals surface area contributed by atoms with Crippen LogP contribution in [0.1, 0.15) is 10.4 Å². The molecule has 3 nitrogen and oxygen atoms in total. The molecule has 1 aromatic heterocycles. The zero-order valence-electron chi connectivity index (χ0n) is 13.7. The van der Waals surface area contributed by atoms with Crippen molar-refractivity contribution >= 4 is 68.0 Å².